The molecule has 5 heteroatoms. The van der Waals surface area contributed by atoms with Gasteiger partial charge in [-0.2, -0.15) is 0 Å². The summed E-state index contributed by atoms with van der Waals surface area (Å²) >= 11 is 12.4. The van der Waals surface area contributed by atoms with Crippen molar-refractivity contribution in [2.75, 3.05) is 13.2 Å². The van der Waals surface area contributed by atoms with Gasteiger partial charge in [0.15, 0.2) is 0 Å². The van der Waals surface area contributed by atoms with Crippen LogP contribution in [0.25, 0.3) is 0 Å². The maximum Gasteiger partial charge on any atom is 0.139 e. The first kappa shape index (κ1) is 15.9. The van der Waals surface area contributed by atoms with Gasteiger partial charge in [-0.25, -0.2) is 0 Å². The molecule has 0 radical (unpaired) electrons. The van der Waals surface area contributed by atoms with Crippen LogP contribution in [-0.2, 0) is 4.74 Å². The van der Waals surface area contributed by atoms with E-state index in [1.54, 1.807) is 12.1 Å². The van der Waals surface area contributed by atoms with E-state index in [-0.39, 0.29) is 12.0 Å². The third kappa shape index (κ3) is 3.22. The van der Waals surface area contributed by atoms with Gasteiger partial charge in [0, 0.05) is 24.2 Å². The lowest BCUT2D eigenvalue weighted by molar-refractivity contribution is 0.0308. The maximum atomic E-state index is 10.6. The van der Waals surface area contributed by atoms with E-state index in [2.05, 4.69) is 6.92 Å². The molecule has 112 valence electrons. The molecule has 1 N–H and O–H groups in total. The Labute approximate surface area is 129 Å². The lowest BCUT2D eigenvalue weighted by Gasteiger charge is -2.24. The largest absolute Gasteiger partial charge is 0.492 e. The zero-order chi connectivity index (χ0) is 14.7. The molecule has 0 spiro atoms. The molecule has 1 aliphatic rings. The quantitative estimate of drug-likeness (QED) is 0.882. The molecule has 1 aromatic rings. The van der Waals surface area contributed by atoms with E-state index in [9.17, 15) is 5.11 Å². The third-order valence-electron chi connectivity index (χ3n) is 3.74. The van der Waals surface area contributed by atoms with Gasteiger partial charge < -0.3 is 14.6 Å². The van der Waals surface area contributed by atoms with Gasteiger partial charge >= 0.3 is 0 Å². The monoisotopic (exact) mass is 318 g/mol. The van der Waals surface area contributed by atoms with Crippen LogP contribution in [0.2, 0.25) is 10.0 Å². The molecule has 1 saturated heterocycles. The summed E-state index contributed by atoms with van der Waals surface area (Å²) in [6.45, 7) is 5.14. The summed E-state index contributed by atoms with van der Waals surface area (Å²) in [5, 5.41) is 11.5. The molecule has 0 aromatic heterocycles. The van der Waals surface area contributed by atoms with Crippen LogP contribution in [0, 0.1) is 5.92 Å². The van der Waals surface area contributed by atoms with Crippen molar-refractivity contribution in [3.05, 3.63) is 27.7 Å². The van der Waals surface area contributed by atoms with Crippen LogP contribution in [0.1, 0.15) is 38.4 Å². The third-order valence-corrected chi connectivity index (χ3v) is 4.36. The zero-order valence-corrected chi connectivity index (χ0v) is 13.2. The van der Waals surface area contributed by atoms with Gasteiger partial charge in [0.05, 0.1) is 28.9 Å². The first-order valence-electron chi connectivity index (χ1n) is 6.99. The lowest BCUT2D eigenvalue weighted by Crippen LogP contribution is -2.22. The highest BCUT2D eigenvalue weighted by Crippen LogP contribution is 2.40. The Morgan fingerprint density at radius 3 is 2.75 bits per heavy atom. The van der Waals surface area contributed by atoms with Crippen molar-refractivity contribution in [3.8, 4) is 5.75 Å². The minimum Gasteiger partial charge on any atom is -0.492 e. The number of halogens is 2. The lowest BCUT2D eigenvalue weighted by atomic mass is 9.89. The van der Waals surface area contributed by atoms with Gasteiger partial charge in [0.1, 0.15) is 5.75 Å². The predicted molar refractivity (Wildman–Crippen MR) is 80.7 cm³/mol. The molecule has 3 nitrogen and oxygen atoms in total. The highest BCUT2D eigenvalue weighted by molar-refractivity contribution is 6.34. The maximum absolute atomic E-state index is 10.6. The van der Waals surface area contributed by atoms with E-state index in [0.29, 0.717) is 34.6 Å². The molecule has 3 unspecified atom stereocenters. The molecule has 0 bridgehead atoms. The fourth-order valence-corrected chi connectivity index (χ4v) is 3.21. The minimum atomic E-state index is -0.664. The topological polar surface area (TPSA) is 38.7 Å². The smallest absolute Gasteiger partial charge is 0.139 e. The number of hydrogen-bond donors (Lipinski definition) is 1. The van der Waals surface area contributed by atoms with Crippen molar-refractivity contribution >= 4 is 23.2 Å². The van der Waals surface area contributed by atoms with Gasteiger partial charge in [0.2, 0.25) is 0 Å². The Balaban J connectivity index is 2.25. The fraction of sp³-hybridized carbons (Fsp3) is 0.600. The van der Waals surface area contributed by atoms with E-state index in [4.69, 9.17) is 32.7 Å². The van der Waals surface area contributed by atoms with E-state index < -0.39 is 6.10 Å². The molecule has 0 aliphatic carbocycles. The Kier molecular flexibility index (Phi) is 5.56. The van der Waals surface area contributed by atoms with Crippen LogP contribution >= 0.6 is 23.2 Å². The highest BCUT2D eigenvalue weighted by atomic mass is 35.5. The fourth-order valence-electron chi connectivity index (χ4n) is 2.71. The zero-order valence-electron chi connectivity index (χ0n) is 11.7. The number of aliphatic hydroxyl groups is 1. The highest BCUT2D eigenvalue weighted by Gasteiger charge is 2.34. The van der Waals surface area contributed by atoms with E-state index in [1.165, 1.54) is 0 Å². The second-order valence-corrected chi connectivity index (χ2v) is 5.77. The van der Waals surface area contributed by atoms with Crippen LogP contribution in [0.5, 0.6) is 5.75 Å². The van der Waals surface area contributed by atoms with E-state index in [1.807, 2.05) is 6.92 Å². The second kappa shape index (κ2) is 6.99. The van der Waals surface area contributed by atoms with Gasteiger partial charge in [-0.3, -0.25) is 0 Å². The molecule has 0 amide bonds. The molecule has 1 fully saturated rings. The minimum absolute atomic E-state index is 0.0616. The van der Waals surface area contributed by atoms with Crippen molar-refractivity contribution < 1.29 is 14.6 Å². The number of ether oxygens (including phenoxy) is 2. The number of aliphatic hydroxyl groups excluding tert-OH is 1. The van der Waals surface area contributed by atoms with Crippen molar-refractivity contribution in [2.24, 2.45) is 5.92 Å². The molecule has 20 heavy (non-hydrogen) atoms. The Morgan fingerprint density at radius 2 is 2.10 bits per heavy atom. The normalized spacial score (nSPS) is 23.9. The van der Waals surface area contributed by atoms with Crippen LogP contribution < -0.4 is 4.74 Å². The van der Waals surface area contributed by atoms with Crippen molar-refractivity contribution in [2.45, 2.75) is 38.9 Å². The summed E-state index contributed by atoms with van der Waals surface area (Å²) in [7, 11) is 0. The molecule has 3 atom stereocenters. The molecule has 0 saturated carbocycles. The summed E-state index contributed by atoms with van der Waals surface area (Å²) in [5.74, 6) is 0.608. The van der Waals surface area contributed by atoms with Crippen molar-refractivity contribution in [3.63, 3.8) is 0 Å². The van der Waals surface area contributed by atoms with Gasteiger partial charge in [-0.15, -0.1) is 0 Å². The summed E-state index contributed by atoms with van der Waals surface area (Å²) in [5.41, 5.74) is 0.647. The van der Waals surface area contributed by atoms with Gasteiger partial charge in [0.25, 0.3) is 0 Å². The molecule has 1 aliphatic heterocycles. The van der Waals surface area contributed by atoms with Crippen LogP contribution in [0.4, 0.5) is 0 Å². The SMILES string of the molecule is CCOc1cc(Cl)c(C(O)C2CCOC2CC)cc1Cl. The Morgan fingerprint density at radius 1 is 1.35 bits per heavy atom. The molecule has 1 heterocycles. The van der Waals surface area contributed by atoms with Gasteiger partial charge in [-0.1, -0.05) is 30.1 Å². The van der Waals surface area contributed by atoms with Gasteiger partial charge in [-0.05, 0) is 25.8 Å². The average Bonchev–Trinajstić information content (AvgIpc) is 2.90. The number of hydrogen-bond acceptors (Lipinski definition) is 3. The van der Waals surface area contributed by atoms with Crippen molar-refractivity contribution in [1.82, 2.24) is 0 Å². The second-order valence-electron chi connectivity index (χ2n) is 4.95. The molecule has 2 rings (SSSR count). The first-order chi connectivity index (χ1) is 9.58. The first-order valence-corrected chi connectivity index (χ1v) is 7.75. The van der Waals surface area contributed by atoms with Crippen LogP contribution in [0.3, 0.4) is 0 Å². The summed E-state index contributed by atoms with van der Waals surface area (Å²) in [4.78, 5) is 0. The van der Waals surface area contributed by atoms with Crippen molar-refractivity contribution in [1.29, 1.82) is 0 Å². The Hall–Kier alpha value is -0.480. The standard InChI is InChI=1S/C15H20Cl2O3/c1-3-13-9(5-6-20-13)15(18)10-7-12(17)14(19-4-2)8-11(10)16/h7-9,13,15,18H,3-6H2,1-2H3. The van der Waals surface area contributed by atoms with E-state index in [0.717, 1.165) is 12.8 Å². The summed E-state index contributed by atoms with van der Waals surface area (Å²) in [6, 6.07) is 3.37. The predicted octanol–water partition coefficient (Wildman–Crippen LogP) is 4.24. The van der Waals surface area contributed by atoms with Crippen LogP contribution in [-0.4, -0.2) is 24.4 Å². The molecular weight excluding hydrogens is 299 g/mol. The summed E-state index contributed by atoms with van der Waals surface area (Å²) in [6.07, 6.45) is 1.12. The Bertz CT molecular complexity index is 465. The average molecular weight is 319 g/mol. The van der Waals surface area contributed by atoms with Crippen LogP contribution in [0.15, 0.2) is 12.1 Å². The van der Waals surface area contributed by atoms with E-state index >= 15 is 0 Å². The molecular formula is C15H20Cl2O3. The number of rotatable bonds is 5. The number of benzene rings is 1. The molecule has 1 aromatic carbocycles. The summed E-state index contributed by atoms with van der Waals surface area (Å²) < 4.78 is 11.0.